The van der Waals surface area contributed by atoms with Crippen molar-refractivity contribution in [3.05, 3.63) is 25.3 Å². The Morgan fingerprint density at radius 1 is 1.04 bits per heavy atom. The molecule has 0 aromatic rings. The van der Waals surface area contributed by atoms with Gasteiger partial charge in [-0.15, -0.1) is 13.2 Å². The van der Waals surface area contributed by atoms with Crippen LogP contribution in [-0.2, 0) is 38.1 Å². The summed E-state index contributed by atoms with van der Waals surface area (Å²) in [5.41, 5.74) is 0. The van der Waals surface area contributed by atoms with Gasteiger partial charge in [0.2, 0.25) is 0 Å². The van der Waals surface area contributed by atoms with Gasteiger partial charge in [0, 0.05) is 20.8 Å². The van der Waals surface area contributed by atoms with Crippen molar-refractivity contribution in [2.75, 3.05) is 6.61 Å². The molecule has 0 N–H and O–H groups in total. The van der Waals surface area contributed by atoms with Crippen LogP contribution in [0.15, 0.2) is 25.3 Å². The molecule has 1 rings (SSSR count). The fourth-order valence-corrected chi connectivity index (χ4v) is 2.70. The molecule has 152 valence electrons. The zero-order valence-electron chi connectivity index (χ0n) is 16.1. The number of rotatable bonds is 10. The first-order chi connectivity index (χ1) is 12.8. The lowest BCUT2D eigenvalue weighted by Crippen LogP contribution is -2.58. The van der Waals surface area contributed by atoms with E-state index in [9.17, 15) is 14.4 Å². The molecule has 0 saturated carbocycles. The summed E-state index contributed by atoms with van der Waals surface area (Å²) >= 11 is 0. The van der Waals surface area contributed by atoms with Gasteiger partial charge in [-0.3, -0.25) is 14.4 Å². The molecule has 0 aromatic carbocycles. The Kier molecular flexibility index (Phi) is 9.74. The monoisotopic (exact) mass is 384 g/mol. The number of esters is 3. The van der Waals surface area contributed by atoms with Crippen LogP contribution in [0, 0.1) is 0 Å². The zero-order valence-corrected chi connectivity index (χ0v) is 16.1. The molecule has 1 unspecified atom stereocenters. The van der Waals surface area contributed by atoms with Gasteiger partial charge in [0.1, 0.15) is 0 Å². The van der Waals surface area contributed by atoms with Gasteiger partial charge in [-0.25, -0.2) is 0 Å². The van der Waals surface area contributed by atoms with Crippen molar-refractivity contribution in [1.82, 2.24) is 0 Å². The Balaban J connectivity index is 2.98. The number of hydrogen-bond acceptors (Lipinski definition) is 8. The van der Waals surface area contributed by atoms with Crippen molar-refractivity contribution in [3.63, 3.8) is 0 Å². The van der Waals surface area contributed by atoms with Crippen LogP contribution in [0.5, 0.6) is 0 Å². The average Bonchev–Trinajstić information content (AvgIpc) is 2.57. The van der Waals surface area contributed by atoms with E-state index in [1.807, 2.05) is 0 Å². The Morgan fingerprint density at radius 2 is 1.63 bits per heavy atom. The molecule has 0 bridgehead atoms. The van der Waals surface area contributed by atoms with Crippen molar-refractivity contribution in [2.45, 2.75) is 70.7 Å². The number of carbonyl (C=O) groups is 3. The van der Waals surface area contributed by atoms with E-state index in [2.05, 4.69) is 13.2 Å². The standard InChI is InChI=1S/C19H28O8/c1-6-8-9-10-15(7-2)27-19-18(26-14(5)22)17(25-13(4)21)16(11-23-19)24-12(3)20/h6-7,15-19H,1-2,8-11H2,3-5H3/t15?,16-,17+,18-,19+/m1/s1. The van der Waals surface area contributed by atoms with E-state index in [-0.39, 0.29) is 12.7 Å². The molecule has 1 aliphatic heterocycles. The summed E-state index contributed by atoms with van der Waals surface area (Å²) in [6.45, 7) is 11.0. The highest BCUT2D eigenvalue weighted by Crippen LogP contribution is 2.27. The van der Waals surface area contributed by atoms with Crippen LogP contribution in [0.25, 0.3) is 0 Å². The van der Waals surface area contributed by atoms with Crippen LogP contribution in [0.3, 0.4) is 0 Å². The molecule has 1 saturated heterocycles. The van der Waals surface area contributed by atoms with Crippen LogP contribution >= 0.6 is 0 Å². The molecule has 1 fully saturated rings. The quantitative estimate of drug-likeness (QED) is 0.244. The second-order valence-corrected chi connectivity index (χ2v) is 6.13. The van der Waals surface area contributed by atoms with Crippen molar-refractivity contribution in [2.24, 2.45) is 0 Å². The largest absolute Gasteiger partial charge is 0.456 e. The topological polar surface area (TPSA) is 97.4 Å². The lowest BCUT2D eigenvalue weighted by Gasteiger charge is -2.41. The molecule has 0 amide bonds. The van der Waals surface area contributed by atoms with Crippen LogP contribution in [-0.4, -0.2) is 55.2 Å². The summed E-state index contributed by atoms with van der Waals surface area (Å²) in [6.07, 6.45) is 1.31. The lowest BCUT2D eigenvalue weighted by molar-refractivity contribution is -0.287. The second-order valence-electron chi connectivity index (χ2n) is 6.13. The highest BCUT2D eigenvalue weighted by molar-refractivity contribution is 5.68. The number of unbranched alkanes of at least 4 members (excludes halogenated alkanes) is 1. The number of allylic oxidation sites excluding steroid dienone is 1. The predicted molar refractivity (Wildman–Crippen MR) is 95.5 cm³/mol. The molecule has 0 aromatic heterocycles. The van der Waals surface area contributed by atoms with E-state index in [0.29, 0.717) is 6.42 Å². The van der Waals surface area contributed by atoms with E-state index in [1.165, 1.54) is 20.8 Å². The highest BCUT2D eigenvalue weighted by Gasteiger charge is 2.48. The Labute approximate surface area is 159 Å². The van der Waals surface area contributed by atoms with Crippen molar-refractivity contribution in [3.8, 4) is 0 Å². The molecule has 1 aliphatic rings. The lowest BCUT2D eigenvalue weighted by atomic mass is 10.0. The molecule has 8 nitrogen and oxygen atoms in total. The minimum Gasteiger partial charge on any atom is -0.456 e. The van der Waals surface area contributed by atoms with Crippen molar-refractivity contribution >= 4 is 17.9 Å². The maximum Gasteiger partial charge on any atom is 0.303 e. The Bertz CT molecular complexity index is 544. The van der Waals surface area contributed by atoms with Crippen molar-refractivity contribution in [1.29, 1.82) is 0 Å². The molecule has 8 heteroatoms. The van der Waals surface area contributed by atoms with E-state index < -0.39 is 42.5 Å². The summed E-state index contributed by atoms with van der Waals surface area (Å²) in [4.78, 5) is 34.4. The first-order valence-electron chi connectivity index (χ1n) is 8.80. The summed E-state index contributed by atoms with van der Waals surface area (Å²) < 4.78 is 27.2. The third-order valence-corrected chi connectivity index (χ3v) is 3.77. The summed E-state index contributed by atoms with van der Waals surface area (Å²) in [7, 11) is 0. The minimum atomic E-state index is -1.09. The maximum absolute atomic E-state index is 11.6. The minimum absolute atomic E-state index is 0.0729. The normalized spacial score (nSPS) is 25.7. The maximum atomic E-state index is 11.6. The zero-order chi connectivity index (χ0) is 20.4. The molecule has 0 aliphatic carbocycles. The van der Waals surface area contributed by atoms with Gasteiger partial charge in [0.15, 0.2) is 24.6 Å². The second kappa shape index (κ2) is 11.5. The van der Waals surface area contributed by atoms with Gasteiger partial charge in [0.25, 0.3) is 0 Å². The fourth-order valence-electron chi connectivity index (χ4n) is 2.70. The van der Waals surface area contributed by atoms with Gasteiger partial charge in [-0.1, -0.05) is 12.2 Å². The van der Waals surface area contributed by atoms with Gasteiger partial charge in [-0.05, 0) is 19.3 Å². The summed E-state index contributed by atoms with van der Waals surface area (Å²) in [6, 6.07) is 0. The third kappa shape index (κ3) is 7.92. The third-order valence-electron chi connectivity index (χ3n) is 3.77. The van der Waals surface area contributed by atoms with E-state index >= 15 is 0 Å². The Hall–Kier alpha value is -2.19. The van der Waals surface area contributed by atoms with Gasteiger partial charge < -0.3 is 23.7 Å². The van der Waals surface area contributed by atoms with Crippen LogP contribution < -0.4 is 0 Å². The van der Waals surface area contributed by atoms with Gasteiger partial charge in [0.05, 0.1) is 12.7 Å². The Morgan fingerprint density at radius 3 is 2.15 bits per heavy atom. The number of ether oxygens (including phenoxy) is 5. The van der Waals surface area contributed by atoms with Gasteiger partial charge in [-0.2, -0.15) is 0 Å². The van der Waals surface area contributed by atoms with Crippen LogP contribution in [0.1, 0.15) is 40.0 Å². The molecule has 5 atom stereocenters. The highest BCUT2D eigenvalue weighted by atomic mass is 16.7. The molecule has 27 heavy (non-hydrogen) atoms. The van der Waals surface area contributed by atoms with Crippen LogP contribution in [0.4, 0.5) is 0 Å². The first-order valence-corrected chi connectivity index (χ1v) is 8.80. The number of hydrogen-bond donors (Lipinski definition) is 0. The average molecular weight is 384 g/mol. The van der Waals surface area contributed by atoms with E-state index in [4.69, 9.17) is 23.7 Å². The molecular weight excluding hydrogens is 356 g/mol. The van der Waals surface area contributed by atoms with Crippen LogP contribution in [0.2, 0.25) is 0 Å². The SMILES string of the molecule is C=CCCCC(C=C)O[C@@H]1OC[C@@H](OC(C)=O)[C@H](OC(C)=O)[C@H]1OC(C)=O. The molecule has 0 spiro atoms. The van der Waals surface area contributed by atoms with E-state index in [1.54, 1.807) is 12.2 Å². The molecule has 0 radical (unpaired) electrons. The first kappa shape index (κ1) is 22.9. The predicted octanol–water partition coefficient (Wildman–Crippen LogP) is 2.07. The van der Waals surface area contributed by atoms with Gasteiger partial charge >= 0.3 is 17.9 Å². The van der Waals surface area contributed by atoms with Crippen molar-refractivity contribution < 1.29 is 38.1 Å². The molecule has 1 heterocycles. The number of carbonyl (C=O) groups excluding carboxylic acids is 3. The van der Waals surface area contributed by atoms with E-state index in [0.717, 1.165) is 12.8 Å². The summed E-state index contributed by atoms with van der Waals surface area (Å²) in [5, 5.41) is 0. The fraction of sp³-hybridized carbons (Fsp3) is 0.632. The molecular formula is C19H28O8. The summed E-state index contributed by atoms with van der Waals surface area (Å²) in [5.74, 6) is -1.80. The smallest absolute Gasteiger partial charge is 0.303 e.